The van der Waals surface area contributed by atoms with E-state index in [1.54, 1.807) is 22.2 Å². The van der Waals surface area contributed by atoms with E-state index in [2.05, 4.69) is 11.2 Å². The van der Waals surface area contributed by atoms with E-state index < -0.39 is 0 Å². The largest absolute Gasteiger partial charge is 0.286 e. The summed E-state index contributed by atoms with van der Waals surface area (Å²) < 4.78 is 1.71. The third-order valence-electron chi connectivity index (χ3n) is 3.68. The molecule has 2 aromatic rings. The molecule has 0 bridgehead atoms. The molecule has 5 heteroatoms. The lowest BCUT2D eigenvalue weighted by Crippen LogP contribution is -2.13. The maximum absolute atomic E-state index is 12.7. The van der Waals surface area contributed by atoms with Crippen LogP contribution in [0.2, 0.25) is 5.02 Å². The van der Waals surface area contributed by atoms with Crippen LogP contribution in [-0.4, -0.2) is 15.6 Å². The lowest BCUT2D eigenvalue weighted by molar-refractivity contribution is 0.103. The number of carbonyl (C=O) groups is 1. The minimum atomic E-state index is 0.000556. The zero-order valence-corrected chi connectivity index (χ0v) is 13.2. The molecule has 0 radical (unpaired) electrons. The molecule has 0 aliphatic heterocycles. The number of thiophene rings is 1. The molecular formula is C15H17ClN2OS. The number of carbonyl (C=O) groups excluding carboxylic acids is 1. The Balaban J connectivity index is 2.00. The van der Waals surface area contributed by atoms with Crippen molar-refractivity contribution in [2.24, 2.45) is 0 Å². The van der Waals surface area contributed by atoms with E-state index in [1.165, 1.54) is 23.3 Å². The van der Waals surface area contributed by atoms with Crippen molar-refractivity contribution >= 4 is 28.7 Å². The number of aromatic nitrogens is 2. The van der Waals surface area contributed by atoms with Crippen LogP contribution in [0.5, 0.6) is 0 Å². The molecule has 0 aromatic carbocycles. The summed E-state index contributed by atoms with van der Waals surface area (Å²) >= 11 is 7.78. The van der Waals surface area contributed by atoms with Gasteiger partial charge in [-0.3, -0.25) is 9.48 Å². The van der Waals surface area contributed by atoms with Crippen LogP contribution in [-0.2, 0) is 12.8 Å². The lowest BCUT2D eigenvalue weighted by Gasteiger charge is -2.09. The molecule has 0 fully saturated rings. The van der Waals surface area contributed by atoms with Gasteiger partial charge in [0.2, 0.25) is 5.78 Å². The van der Waals surface area contributed by atoms with Gasteiger partial charge in [-0.05, 0) is 51.2 Å². The Morgan fingerprint density at radius 3 is 2.85 bits per heavy atom. The minimum absolute atomic E-state index is 0.000556. The van der Waals surface area contributed by atoms with Gasteiger partial charge < -0.3 is 0 Å². The second kappa shape index (κ2) is 5.34. The van der Waals surface area contributed by atoms with Crippen molar-refractivity contribution in [3.8, 4) is 0 Å². The molecule has 1 aliphatic carbocycles. The molecule has 0 saturated heterocycles. The predicted octanol–water partition coefficient (Wildman–Crippen LogP) is 4.29. The van der Waals surface area contributed by atoms with Gasteiger partial charge in [0.25, 0.3) is 0 Å². The summed E-state index contributed by atoms with van der Waals surface area (Å²) in [4.78, 5) is 14.9. The summed E-state index contributed by atoms with van der Waals surface area (Å²) in [6.07, 6.45) is 6.21. The van der Waals surface area contributed by atoms with Crippen LogP contribution in [0.15, 0.2) is 12.3 Å². The number of aryl methyl sites for hydroxylation is 2. The molecule has 0 saturated carbocycles. The van der Waals surface area contributed by atoms with Gasteiger partial charge in [0.1, 0.15) is 5.69 Å². The van der Waals surface area contributed by atoms with Crippen molar-refractivity contribution in [3.63, 3.8) is 0 Å². The number of halogens is 1. The highest BCUT2D eigenvalue weighted by molar-refractivity contribution is 7.14. The summed E-state index contributed by atoms with van der Waals surface area (Å²) in [5, 5.41) is 4.65. The van der Waals surface area contributed by atoms with E-state index in [-0.39, 0.29) is 11.8 Å². The second-order valence-corrected chi connectivity index (χ2v) is 7.02. The van der Waals surface area contributed by atoms with Crippen LogP contribution in [0, 0.1) is 0 Å². The molecule has 0 spiro atoms. The highest BCUT2D eigenvalue weighted by atomic mass is 35.5. The van der Waals surface area contributed by atoms with E-state index in [1.807, 2.05) is 13.8 Å². The molecule has 106 valence electrons. The summed E-state index contributed by atoms with van der Waals surface area (Å²) in [6, 6.07) is 2.17. The fourth-order valence-corrected chi connectivity index (χ4v) is 4.08. The fraction of sp³-hybridized carbons (Fsp3) is 0.467. The maximum atomic E-state index is 12.7. The topological polar surface area (TPSA) is 34.9 Å². The fourth-order valence-electron chi connectivity index (χ4n) is 2.66. The molecule has 0 unspecified atom stereocenters. The Labute approximate surface area is 127 Å². The number of ketones is 1. The molecule has 2 heterocycles. The first kappa shape index (κ1) is 13.8. The number of hydrogen-bond acceptors (Lipinski definition) is 3. The van der Waals surface area contributed by atoms with Crippen LogP contribution in [0.3, 0.4) is 0 Å². The van der Waals surface area contributed by atoms with Crippen molar-refractivity contribution in [1.29, 1.82) is 0 Å². The van der Waals surface area contributed by atoms with E-state index in [9.17, 15) is 4.79 Å². The first-order valence-corrected chi connectivity index (χ1v) is 8.16. The van der Waals surface area contributed by atoms with E-state index >= 15 is 0 Å². The molecule has 3 nitrogen and oxygen atoms in total. The van der Waals surface area contributed by atoms with Gasteiger partial charge in [-0.25, -0.2) is 0 Å². The molecule has 3 rings (SSSR count). The third-order valence-corrected chi connectivity index (χ3v) is 5.19. The Kier molecular flexibility index (Phi) is 3.69. The molecule has 0 amide bonds. The molecular weight excluding hydrogens is 292 g/mol. The van der Waals surface area contributed by atoms with Crippen molar-refractivity contribution in [2.75, 3.05) is 0 Å². The first-order chi connectivity index (χ1) is 9.58. The monoisotopic (exact) mass is 308 g/mol. The summed E-state index contributed by atoms with van der Waals surface area (Å²) in [6.45, 7) is 4.00. The summed E-state index contributed by atoms with van der Waals surface area (Å²) in [5.41, 5.74) is 1.86. The zero-order chi connectivity index (χ0) is 14.3. The number of rotatable bonds is 3. The second-order valence-electron chi connectivity index (χ2n) is 5.47. The van der Waals surface area contributed by atoms with Gasteiger partial charge in [-0.15, -0.1) is 11.3 Å². The smallest absolute Gasteiger partial charge is 0.222 e. The van der Waals surface area contributed by atoms with Crippen LogP contribution in [0.25, 0.3) is 0 Å². The van der Waals surface area contributed by atoms with Crippen LogP contribution < -0.4 is 0 Å². The molecule has 0 N–H and O–H groups in total. The van der Waals surface area contributed by atoms with Crippen LogP contribution >= 0.6 is 22.9 Å². The molecule has 2 aromatic heterocycles. The highest BCUT2D eigenvalue weighted by Gasteiger charge is 2.24. The molecule has 20 heavy (non-hydrogen) atoms. The van der Waals surface area contributed by atoms with Gasteiger partial charge in [0.05, 0.1) is 16.1 Å². The lowest BCUT2D eigenvalue weighted by atomic mass is 9.99. The van der Waals surface area contributed by atoms with Gasteiger partial charge in [-0.2, -0.15) is 5.10 Å². The minimum Gasteiger partial charge on any atom is -0.286 e. The number of fused-ring (bicyclic) bond motifs is 1. The average Bonchev–Trinajstić information content (AvgIpc) is 3.01. The first-order valence-electron chi connectivity index (χ1n) is 6.97. The Morgan fingerprint density at radius 2 is 2.15 bits per heavy atom. The number of hydrogen-bond donors (Lipinski definition) is 0. The highest BCUT2D eigenvalue weighted by Crippen LogP contribution is 2.32. The SMILES string of the molecule is CC(C)n1ncc(Cl)c1C(=O)c1cc2c(s1)CCCC2. The van der Waals surface area contributed by atoms with Crippen molar-refractivity contribution < 1.29 is 4.79 Å². The quantitative estimate of drug-likeness (QED) is 0.793. The standard InChI is InChI=1S/C15H17ClN2OS/c1-9(2)18-14(11(16)8-17-18)15(19)13-7-10-5-3-4-6-12(10)20-13/h7-9H,3-6H2,1-2H3. The maximum Gasteiger partial charge on any atom is 0.222 e. The summed E-state index contributed by atoms with van der Waals surface area (Å²) in [7, 11) is 0. The van der Waals surface area contributed by atoms with E-state index in [4.69, 9.17) is 11.6 Å². The van der Waals surface area contributed by atoms with Gasteiger partial charge in [0.15, 0.2) is 0 Å². The van der Waals surface area contributed by atoms with E-state index in [0.717, 1.165) is 17.7 Å². The third kappa shape index (κ3) is 2.31. The molecule has 0 atom stereocenters. The Morgan fingerprint density at radius 1 is 1.40 bits per heavy atom. The predicted molar refractivity (Wildman–Crippen MR) is 82.0 cm³/mol. The Bertz CT molecular complexity index is 633. The normalized spacial score (nSPS) is 14.6. The van der Waals surface area contributed by atoms with Gasteiger partial charge in [0, 0.05) is 10.9 Å². The van der Waals surface area contributed by atoms with Gasteiger partial charge >= 0.3 is 0 Å². The average molecular weight is 309 g/mol. The van der Waals surface area contributed by atoms with Crippen LogP contribution in [0.1, 0.15) is 58.5 Å². The van der Waals surface area contributed by atoms with Crippen molar-refractivity contribution in [2.45, 2.75) is 45.6 Å². The van der Waals surface area contributed by atoms with E-state index in [0.29, 0.717) is 10.7 Å². The van der Waals surface area contributed by atoms with Crippen LogP contribution in [0.4, 0.5) is 0 Å². The summed E-state index contributed by atoms with van der Waals surface area (Å²) in [5.74, 6) is 0.000556. The Hall–Kier alpha value is -1.13. The number of nitrogens with zero attached hydrogens (tertiary/aromatic N) is 2. The van der Waals surface area contributed by atoms with Crippen molar-refractivity contribution in [1.82, 2.24) is 9.78 Å². The zero-order valence-electron chi connectivity index (χ0n) is 11.6. The molecule has 1 aliphatic rings. The van der Waals surface area contributed by atoms with Gasteiger partial charge in [-0.1, -0.05) is 11.6 Å². The van der Waals surface area contributed by atoms with Crippen molar-refractivity contribution in [3.05, 3.63) is 38.3 Å².